The summed E-state index contributed by atoms with van der Waals surface area (Å²) in [6.45, 7) is 0. The molecule has 2 N–H and O–H groups in total. The van der Waals surface area contributed by atoms with Crippen LogP contribution < -0.4 is 5.73 Å². The van der Waals surface area contributed by atoms with Gasteiger partial charge in [-0.3, -0.25) is 0 Å². The van der Waals surface area contributed by atoms with Crippen LogP contribution in [0.15, 0.2) is 30.3 Å². The lowest BCUT2D eigenvalue weighted by atomic mass is 10.1. The molecule has 1 heterocycles. The lowest BCUT2D eigenvalue weighted by Crippen LogP contribution is -2.11. The first-order chi connectivity index (χ1) is 9.57. The van der Waals surface area contributed by atoms with Gasteiger partial charge in [0.05, 0.1) is 11.3 Å². The first-order valence-corrected chi connectivity index (χ1v) is 5.47. The summed E-state index contributed by atoms with van der Waals surface area (Å²) in [6.07, 6.45) is -9.25. The van der Waals surface area contributed by atoms with Crippen molar-refractivity contribution >= 4 is 5.95 Å². The van der Waals surface area contributed by atoms with Crippen molar-refractivity contribution in [2.45, 2.75) is 12.4 Å². The molecule has 0 atom stereocenters. The molecule has 0 saturated heterocycles. The molecule has 0 fully saturated rings. The third kappa shape index (κ3) is 3.41. The van der Waals surface area contributed by atoms with Crippen molar-refractivity contribution in [1.29, 1.82) is 0 Å². The van der Waals surface area contributed by atoms with Crippen molar-refractivity contribution in [3.8, 4) is 11.3 Å². The number of hydrogen-bond donors (Lipinski definition) is 1. The Morgan fingerprint density at radius 1 is 0.810 bits per heavy atom. The van der Waals surface area contributed by atoms with E-state index in [1.165, 1.54) is 0 Å². The van der Waals surface area contributed by atoms with Crippen LogP contribution in [0.4, 0.5) is 32.3 Å². The molecule has 0 spiro atoms. The Morgan fingerprint density at radius 3 is 1.86 bits per heavy atom. The number of nitrogen functional groups attached to an aromatic ring is 1. The Labute approximate surface area is 114 Å². The first-order valence-electron chi connectivity index (χ1n) is 5.47. The van der Waals surface area contributed by atoms with E-state index in [4.69, 9.17) is 5.73 Å². The van der Waals surface area contributed by atoms with Crippen molar-refractivity contribution in [2.24, 2.45) is 0 Å². The normalized spacial score (nSPS) is 12.5. The molecule has 2 rings (SSSR count). The number of alkyl halides is 6. The molecule has 0 aliphatic carbocycles. The highest BCUT2D eigenvalue weighted by Gasteiger charge is 2.34. The fourth-order valence-electron chi connectivity index (χ4n) is 1.59. The van der Waals surface area contributed by atoms with Gasteiger partial charge in [0.2, 0.25) is 5.95 Å². The fourth-order valence-corrected chi connectivity index (χ4v) is 1.59. The number of rotatable bonds is 1. The standard InChI is InChI=1S/C12H7F6N3/c13-11(14,15)7-3-1-6(2-4-7)8-5-9(12(16,17)18)21-10(19)20-8/h1-5H,(H2,19,20,21). The Bertz CT molecular complexity index is 646. The van der Waals surface area contributed by atoms with Gasteiger partial charge in [0.1, 0.15) is 0 Å². The number of aromatic nitrogens is 2. The number of nitrogens with two attached hydrogens (primary N) is 1. The average Bonchev–Trinajstić information content (AvgIpc) is 2.36. The fraction of sp³-hybridized carbons (Fsp3) is 0.167. The molecule has 112 valence electrons. The monoisotopic (exact) mass is 307 g/mol. The summed E-state index contributed by atoms with van der Waals surface area (Å²) in [5, 5.41) is 0. The quantitative estimate of drug-likeness (QED) is 0.816. The van der Waals surface area contributed by atoms with Crippen LogP contribution in [-0.4, -0.2) is 9.97 Å². The highest BCUT2D eigenvalue weighted by atomic mass is 19.4. The van der Waals surface area contributed by atoms with Crippen molar-refractivity contribution in [3.63, 3.8) is 0 Å². The van der Waals surface area contributed by atoms with Crippen LogP contribution in [-0.2, 0) is 12.4 Å². The summed E-state index contributed by atoms with van der Waals surface area (Å²) < 4.78 is 75.0. The van der Waals surface area contributed by atoms with E-state index in [-0.39, 0.29) is 11.3 Å². The first kappa shape index (κ1) is 15.1. The lowest BCUT2D eigenvalue weighted by Gasteiger charge is -2.10. The number of anilines is 1. The van der Waals surface area contributed by atoms with Gasteiger partial charge < -0.3 is 5.73 Å². The molecule has 0 amide bonds. The van der Waals surface area contributed by atoms with Gasteiger partial charge in [0.15, 0.2) is 5.69 Å². The lowest BCUT2D eigenvalue weighted by molar-refractivity contribution is -0.141. The van der Waals surface area contributed by atoms with Crippen molar-refractivity contribution in [1.82, 2.24) is 9.97 Å². The van der Waals surface area contributed by atoms with Crippen LogP contribution in [0.3, 0.4) is 0 Å². The maximum Gasteiger partial charge on any atom is 0.433 e. The van der Waals surface area contributed by atoms with E-state index >= 15 is 0 Å². The summed E-state index contributed by atoms with van der Waals surface area (Å²) in [5.41, 5.74) is 2.89. The summed E-state index contributed by atoms with van der Waals surface area (Å²) >= 11 is 0. The number of hydrogen-bond acceptors (Lipinski definition) is 3. The molecule has 0 radical (unpaired) electrons. The summed E-state index contributed by atoms with van der Waals surface area (Å²) in [5.74, 6) is -0.611. The maximum absolute atomic E-state index is 12.6. The van der Waals surface area contributed by atoms with Crippen LogP contribution >= 0.6 is 0 Å². The average molecular weight is 307 g/mol. The van der Waals surface area contributed by atoms with Gasteiger partial charge in [-0.15, -0.1) is 0 Å². The van der Waals surface area contributed by atoms with Crippen LogP contribution in [0.2, 0.25) is 0 Å². The predicted octanol–water partition coefficient (Wildman–Crippen LogP) is 3.76. The Hall–Kier alpha value is -2.32. The van der Waals surface area contributed by atoms with Crippen molar-refractivity contribution < 1.29 is 26.3 Å². The largest absolute Gasteiger partial charge is 0.433 e. The number of halogens is 6. The molecule has 0 unspecified atom stereocenters. The van der Waals surface area contributed by atoms with Gasteiger partial charge in [-0.1, -0.05) is 12.1 Å². The second-order valence-electron chi connectivity index (χ2n) is 4.07. The molecule has 1 aromatic carbocycles. The molecule has 1 aromatic heterocycles. The molecular formula is C12H7F6N3. The highest BCUT2D eigenvalue weighted by molar-refractivity contribution is 5.61. The highest BCUT2D eigenvalue weighted by Crippen LogP contribution is 2.33. The van der Waals surface area contributed by atoms with E-state index in [1.807, 2.05) is 0 Å². The zero-order valence-corrected chi connectivity index (χ0v) is 10.1. The molecule has 0 aliphatic rings. The molecule has 2 aromatic rings. The van der Waals surface area contributed by atoms with Gasteiger partial charge in [0, 0.05) is 5.56 Å². The Kier molecular flexibility index (Phi) is 3.52. The SMILES string of the molecule is Nc1nc(-c2ccc(C(F)(F)F)cc2)cc(C(F)(F)F)n1. The summed E-state index contributed by atoms with van der Waals surface area (Å²) in [7, 11) is 0. The van der Waals surface area contributed by atoms with Gasteiger partial charge in [0.25, 0.3) is 0 Å². The van der Waals surface area contributed by atoms with Gasteiger partial charge >= 0.3 is 12.4 Å². The second-order valence-corrected chi connectivity index (χ2v) is 4.07. The van der Waals surface area contributed by atoms with E-state index in [0.717, 1.165) is 24.3 Å². The van der Waals surface area contributed by atoms with Crippen molar-refractivity contribution in [3.05, 3.63) is 41.6 Å². The zero-order valence-electron chi connectivity index (χ0n) is 10.1. The van der Waals surface area contributed by atoms with Crippen LogP contribution in [0.5, 0.6) is 0 Å². The minimum atomic E-state index is -4.72. The van der Waals surface area contributed by atoms with E-state index in [0.29, 0.717) is 6.07 Å². The molecule has 0 saturated carbocycles. The Morgan fingerprint density at radius 2 is 1.38 bits per heavy atom. The van der Waals surface area contributed by atoms with E-state index in [9.17, 15) is 26.3 Å². The van der Waals surface area contributed by atoms with Crippen molar-refractivity contribution in [2.75, 3.05) is 5.73 Å². The van der Waals surface area contributed by atoms with Gasteiger partial charge in [-0.2, -0.15) is 26.3 Å². The minimum absolute atomic E-state index is 0.0719. The molecular weight excluding hydrogens is 300 g/mol. The van der Waals surface area contributed by atoms with Crippen LogP contribution in [0.25, 0.3) is 11.3 Å². The third-order valence-electron chi connectivity index (χ3n) is 2.54. The zero-order chi connectivity index (χ0) is 15.8. The van der Waals surface area contributed by atoms with Crippen LogP contribution in [0.1, 0.15) is 11.3 Å². The predicted molar refractivity (Wildman–Crippen MR) is 61.9 cm³/mol. The number of nitrogens with zero attached hydrogens (tertiary/aromatic N) is 2. The van der Waals surface area contributed by atoms with E-state index < -0.39 is 29.6 Å². The smallest absolute Gasteiger partial charge is 0.368 e. The third-order valence-corrected chi connectivity index (χ3v) is 2.54. The minimum Gasteiger partial charge on any atom is -0.368 e. The molecule has 3 nitrogen and oxygen atoms in total. The summed E-state index contributed by atoms with van der Waals surface area (Å²) in [4.78, 5) is 6.64. The van der Waals surface area contributed by atoms with Gasteiger partial charge in [-0.05, 0) is 18.2 Å². The molecule has 0 bridgehead atoms. The Balaban J connectivity index is 2.45. The van der Waals surface area contributed by atoms with E-state index in [1.54, 1.807) is 0 Å². The van der Waals surface area contributed by atoms with Crippen LogP contribution in [0, 0.1) is 0 Å². The van der Waals surface area contributed by atoms with E-state index in [2.05, 4.69) is 9.97 Å². The molecule has 21 heavy (non-hydrogen) atoms. The number of benzene rings is 1. The molecule has 9 heteroatoms. The molecule has 0 aliphatic heterocycles. The topological polar surface area (TPSA) is 51.8 Å². The van der Waals surface area contributed by atoms with Gasteiger partial charge in [-0.25, -0.2) is 9.97 Å². The second kappa shape index (κ2) is 4.90. The summed E-state index contributed by atoms with van der Waals surface area (Å²) in [6, 6.07) is 4.16. The maximum atomic E-state index is 12.6.